The van der Waals surface area contributed by atoms with E-state index in [0.29, 0.717) is 0 Å². The van der Waals surface area contributed by atoms with Crippen molar-refractivity contribution in [2.45, 2.75) is 25.3 Å². The smallest absolute Gasteiger partial charge is 0.0681 e. The third-order valence-corrected chi connectivity index (χ3v) is 1.79. The summed E-state index contributed by atoms with van der Waals surface area (Å²) in [6, 6.07) is 7.48. The molecule has 1 aromatic rings. The molecule has 0 unspecified atom stereocenters. The van der Waals surface area contributed by atoms with Crippen LogP contribution < -0.4 is 5.14 Å². The Morgan fingerprint density at radius 1 is 1.25 bits per heavy atom. The van der Waals surface area contributed by atoms with E-state index >= 15 is 0 Å². The Morgan fingerprint density at radius 3 is 2.08 bits per heavy atom. The van der Waals surface area contributed by atoms with Gasteiger partial charge in [-0.1, -0.05) is 26.0 Å². The summed E-state index contributed by atoms with van der Waals surface area (Å²) < 4.78 is 0. The number of benzene rings is 1. The first kappa shape index (κ1) is 11.5. The molecule has 68 valence electrons. The van der Waals surface area contributed by atoms with E-state index in [1.165, 1.54) is 11.9 Å². The molecule has 0 saturated heterocycles. The standard InChI is InChI=1S/C7H9NOS.C2H6/c8-10-7-3-1-6(5-9)2-4-7;1-2/h1-4,9H,5,8H2;1-2H3. The van der Waals surface area contributed by atoms with Crippen LogP contribution in [0.1, 0.15) is 19.4 Å². The van der Waals surface area contributed by atoms with Gasteiger partial charge in [0.05, 0.1) is 6.61 Å². The summed E-state index contributed by atoms with van der Waals surface area (Å²) in [7, 11) is 0. The highest BCUT2D eigenvalue weighted by atomic mass is 32.2. The lowest BCUT2D eigenvalue weighted by atomic mass is 10.2. The van der Waals surface area contributed by atoms with Crippen molar-refractivity contribution in [3.63, 3.8) is 0 Å². The second kappa shape index (κ2) is 7.16. The van der Waals surface area contributed by atoms with Crippen LogP contribution in [-0.4, -0.2) is 5.11 Å². The monoisotopic (exact) mass is 185 g/mol. The molecule has 0 aromatic heterocycles. The topological polar surface area (TPSA) is 46.2 Å². The summed E-state index contributed by atoms with van der Waals surface area (Å²) in [4.78, 5) is 1.01. The lowest BCUT2D eigenvalue weighted by molar-refractivity contribution is 0.282. The van der Waals surface area contributed by atoms with Crippen molar-refractivity contribution in [1.82, 2.24) is 0 Å². The molecular formula is C9H15NOS. The van der Waals surface area contributed by atoms with Gasteiger partial charge in [0.15, 0.2) is 0 Å². The van der Waals surface area contributed by atoms with Gasteiger partial charge in [-0.25, -0.2) is 0 Å². The fraction of sp³-hybridized carbons (Fsp3) is 0.333. The molecule has 3 heteroatoms. The Hall–Kier alpha value is -0.510. The lowest BCUT2D eigenvalue weighted by Crippen LogP contribution is -1.83. The Labute approximate surface area is 77.9 Å². The lowest BCUT2D eigenvalue weighted by Gasteiger charge is -1.96. The largest absolute Gasteiger partial charge is 0.392 e. The Kier molecular flexibility index (Phi) is 6.85. The molecule has 0 bridgehead atoms. The number of hydrogen-bond acceptors (Lipinski definition) is 3. The van der Waals surface area contributed by atoms with Gasteiger partial charge in [0.2, 0.25) is 0 Å². The van der Waals surface area contributed by atoms with E-state index in [-0.39, 0.29) is 6.61 Å². The van der Waals surface area contributed by atoms with E-state index in [2.05, 4.69) is 0 Å². The minimum atomic E-state index is 0.0928. The molecule has 0 spiro atoms. The van der Waals surface area contributed by atoms with Gasteiger partial charge < -0.3 is 5.11 Å². The molecule has 3 N–H and O–H groups in total. The van der Waals surface area contributed by atoms with Crippen LogP contribution in [0.2, 0.25) is 0 Å². The van der Waals surface area contributed by atoms with E-state index in [0.717, 1.165) is 10.5 Å². The van der Waals surface area contributed by atoms with Gasteiger partial charge in [0.25, 0.3) is 0 Å². The molecule has 0 saturated carbocycles. The molecule has 0 heterocycles. The number of rotatable bonds is 2. The normalized spacial score (nSPS) is 8.67. The van der Waals surface area contributed by atoms with Gasteiger partial charge in [-0.2, -0.15) is 0 Å². The molecule has 0 radical (unpaired) electrons. The van der Waals surface area contributed by atoms with Crippen molar-refractivity contribution in [1.29, 1.82) is 0 Å². The van der Waals surface area contributed by atoms with Gasteiger partial charge in [0.1, 0.15) is 0 Å². The summed E-state index contributed by atoms with van der Waals surface area (Å²) in [5.41, 5.74) is 0.915. The van der Waals surface area contributed by atoms with Gasteiger partial charge >= 0.3 is 0 Å². The molecule has 1 aromatic carbocycles. The first-order valence-corrected chi connectivity index (χ1v) is 4.81. The van der Waals surface area contributed by atoms with Gasteiger partial charge in [-0.05, 0) is 29.6 Å². The maximum absolute atomic E-state index is 8.66. The summed E-state index contributed by atoms with van der Waals surface area (Å²) in [6.45, 7) is 4.09. The van der Waals surface area contributed by atoms with Crippen molar-refractivity contribution in [3.05, 3.63) is 29.8 Å². The average Bonchev–Trinajstić information content (AvgIpc) is 2.21. The quantitative estimate of drug-likeness (QED) is 0.694. The van der Waals surface area contributed by atoms with E-state index in [4.69, 9.17) is 10.2 Å². The first-order valence-electron chi connectivity index (χ1n) is 3.93. The van der Waals surface area contributed by atoms with E-state index in [1.807, 2.05) is 38.1 Å². The fourth-order valence-electron chi connectivity index (χ4n) is 0.673. The minimum absolute atomic E-state index is 0.0928. The van der Waals surface area contributed by atoms with E-state index in [1.54, 1.807) is 0 Å². The number of hydrogen-bond donors (Lipinski definition) is 2. The predicted molar refractivity (Wildman–Crippen MR) is 53.8 cm³/mol. The van der Waals surface area contributed by atoms with Crippen LogP contribution in [-0.2, 0) is 6.61 Å². The molecule has 2 nitrogen and oxygen atoms in total. The van der Waals surface area contributed by atoms with Crippen LogP contribution >= 0.6 is 11.9 Å². The highest BCUT2D eigenvalue weighted by Gasteiger charge is 1.89. The van der Waals surface area contributed by atoms with Crippen molar-refractivity contribution < 1.29 is 5.11 Å². The van der Waals surface area contributed by atoms with E-state index < -0.39 is 0 Å². The van der Waals surface area contributed by atoms with E-state index in [9.17, 15) is 0 Å². The van der Waals surface area contributed by atoms with Crippen molar-refractivity contribution >= 4 is 11.9 Å². The molecule has 1 rings (SSSR count). The summed E-state index contributed by atoms with van der Waals surface area (Å²) in [5.74, 6) is 0. The second-order valence-corrected chi connectivity index (χ2v) is 2.63. The van der Waals surface area contributed by atoms with Gasteiger partial charge in [-0.15, -0.1) is 0 Å². The van der Waals surface area contributed by atoms with Gasteiger partial charge in [0, 0.05) is 4.90 Å². The summed E-state index contributed by atoms with van der Waals surface area (Å²) in [5, 5.41) is 14.0. The Bertz CT molecular complexity index is 175. The second-order valence-electron chi connectivity index (χ2n) is 1.92. The zero-order valence-electron chi connectivity index (χ0n) is 7.45. The molecule has 0 aliphatic heterocycles. The SMILES string of the molecule is CC.NSc1ccc(CO)cc1. The number of nitrogens with two attached hydrogens (primary N) is 1. The maximum atomic E-state index is 8.66. The predicted octanol–water partition coefficient (Wildman–Crippen LogP) is 2.17. The van der Waals surface area contributed by atoms with Crippen LogP contribution in [0.5, 0.6) is 0 Å². The van der Waals surface area contributed by atoms with Crippen LogP contribution in [0.25, 0.3) is 0 Å². The Balaban J connectivity index is 0.000000561. The highest BCUT2D eigenvalue weighted by molar-refractivity contribution is 7.97. The molecule has 0 aliphatic carbocycles. The van der Waals surface area contributed by atoms with Crippen LogP contribution in [0, 0.1) is 0 Å². The zero-order valence-corrected chi connectivity index (χ0v) is 8.27. The van der Waals surface area contributed by atoms with Crippen LogP contribution in [0.3, 0.4) is 0 Å². The molecule has 0 aliphatic rings. The zero-order chi connectivity index (χ0) is 9.40. The fourth-order valence-corrected chi connectivity index (χ4v) is 0.967. The Morgan fingerprint density at radius 2 is 1.75 bits per heavy atom. The first-order chi connectivity index (χ1) is 5.86. The molecule has 0 atom stereocenters. The molecule has 0 fully saturated rings. The minimum Gasteiger partial charge on any atom is -0.392 e. The molecule has 12 heavy (non-hydrogen) atoms. The number of aliphatic hydroxyl groups excluding tert-OH is 1. The van der Waals surface area contributed by atoms with Gasteiger partial charge in [-0.3, -0.25) is 5.14 Å². The van der Waals surface area contributed by atoms with Crippen molar-refractivity contribution in [3.8, 4) is 0 Å². The van der Waals surface area contributed by atoms with Crippen LogP contribution in [0.4, 0.5) is 0 Å². The third-order valence-electron chi connectivity index (χ3n) is 1.24. The molecule has 0 amide bonds. The average molecular weight is 185 g/mol. The highest BCUT2D eigenvalue weighted by Crippen LogP contribution is 2.11. The maximum Gasteiger partial charge on any atom is 0.0681 e. The third kappa shape index (κ3) is 3.76. The summed E-state index contributed by atoms with van der Waals surface area (Å²) >= 11 is 1.21. The summed E-state index contributed by atoms with van der Waals surface area (Å²) in [6.07, 6.45) is 0. The van der Waals surface area contributed by atoms with Crippen molar-refractivity contribution in [2.24, 2.45) is 5.14 Å². The van der Waals surface area contributed by atoms with Crippen molar-refractivity contribution in [2.75, 3.05) is 0 Å². The number of aliphatic hydroxyl groups is 1. The molecular weight excluding hydrogens is 170 g/mol. The van der Waals surface area contributed by atoms with Crippen LogP contribution in [0.15, 0.2) is 29.2 Å².